The summed E-state index contributed by atoms with van der Waals surface area (Å²) in [6.07, 6.45) is 6.88. The number of sulfone groups is 1. The van der Waals surface area contributed by atoms with Crippen molar-refractivity contribution in [2.75, 3.05) is 0 Å². The van der Waals surface area contributed by atoms with Crippen LogP contribution in [-0.4, -0.2) is 29.7 Å². The third-order valence-electron chi connectivity index (χ3n) is 5.37. The molecule has 1 aromatic heterocycles. The molecule has 0 saturated carbocycles. The lowest BCUT2D eigenvalue weighted by atomic mass is 9.84. The molecule has 4 nitrogen and oxygen atoms in total. The minimum Gasteiger partial charge on any atom is -0.294 e. The summed E-state index contributed by atoms with van der Waals surface area (Å²) in [5.41, 5.74) is 0.686. The van der Waals surface area contributed by atoms with Gasteiger partial charge in [0.15, 0.2) is 15.6 Å². The van der Waals surface area contributed by atoms with Crippen molar-refractivity contribution in [3.63, 3.8) is 0 Å². The molecule has 3 heterocycles. The van der Waals surface area contributed by atoms with Crippen LogP contribution in [-0.2, 0) is 9.84 Å². The van der Waals surface area contributed by atoms with E-state index >= 15 is 0 Å². The van der Waals surface area contributed by atoms with Crippen LogP contribution in [0.15, 0.2) is 36.7 Å². The predicted octanol–water partition coefficient (Wildman–Crippen LogP) is 3.16. The van der Waals surface area contributed by atoms with Crippen LogP contribution < -0.4 is 0 Å². The Morgan fingerprint density at radius 1 is 1.04 bits per heavy atom. The molecule has 0 radical (unpaired) electrons. The maximum atomic E-state index is 12.9. The van der Waals surface area contributed by atoms with E-state index in [4.69, 9.17) is 0 Å². The first kappa shape index (κ1) is 14.8. The van der Waals surface area contributed by atoms with Gasteiger partial charge in [-0.15, -0.1) is 0 Å². The molecule has 120 valence electrons. The number of carbonyl (C=O) groups is 1. The molecule has 2 aliphatic rings. The van der Waals surface area contributed by atoms with Crippen molar-refractivity contribution in [2.45, 2.75) is 42.6 Å². The molecule has 23 heavy (non-hydrogen) atoms. The van der Waals surface area contributed by atoms with Gasteiger partial charge in [-0.2, -0.15) is 0 Å². The Hall–Kier alpha value is -1.75. The molecule has 2 bridgehead atoms. The molecule has 5 heteroatoms. The van der Waals surface area contributed by atoms with E-state index in [9.17, 15) is 13.2 Å². The number of aromatic nitrogens is 1. The molecule has 2 aliphatic heterocycles. The van der Waals surface area contributed by atoms with E-state index in [1.54, 1.807) is 12.4 Å². The van der Waals surface area contributed by atoms with Crippen LogP contribution in [0.3, 0.4) is 0 Å². The third-order valence-corrected chi connectivity index (χ3v) is 8.09. The molecule has 0 aliphatic carbocycles. The summed E-state index contributed by atoms with van der Waals surface area (Å²) >= 11 is 0. The standard InChI is InChI=1S/C18H19NO3S/c20-18(13-4-5-14-11-19-7-6-12(14)8-13)15-9-16-2-1-3-17(10-15)23(16,21)22/h4-8,11,15-17H,1-3,9-10H2. The minimum atomic E-state index is -3.01. The Kier molecular flexibility index (Phi) is 3.48. The highest BCUT2D eigenvalue weighted by Gasteiger charge is 2.46. The van der Waals surface area contributed by atoms with Gasteiger partial charge in [-0.1, -0.05) is 18.6 Å². The third kappa shape index (κ3) is 2.47. The quantitative estimate of drug-likeness (QED) is 0.794. The zero-order valence-electron chi connectivity index (χ0n) is 12.8. The lowest BCUT2D eigenvalue weighted by Gasteiger charge is -2.38. The number of Topliss-reactive ketones (excluding diaryl/α,β-unsaturated/α-hetero) is 1. The summed E-state index contributed by atoms with van der Waals surface area (Å²) in [4.78, 5) is 17.0. The lowest BCUT2D eigenvalue weighted by molar-refractivity contribution is 0.0894. The second-order valence-electron chi connectivity index (χ2n) is 6.73. The van der Waals surface area contributed by atoms with Crippen LogP contribution in [0.2, 0.25) is 0 Å². The Bertz CT molecular complexity index is 855. The summed E-state index contributed by atoms with van der Waals surface area (Å²) in [5, 5.41) is 1.38. The zero-order valence-corrected chi connectivity index (χ0v) is 13.6. The number of benzene rings is 1. The predicted molar refractivity (Wildman–Crippen MR) is 89.1 cm³/mol. The number of carbonyl (C=O) groups excluding carboxylic acids is 1. The summed E-state index contributed by atoms with van der Waals surface area (Å²) in [6, 6.07) is 7.55. The van der Waals surface area contributed by atoms with Crippen LogP contribution in [0.25, 0.3) is 10.8 Å². The second-order valence-corrected chi connectivity index (χ2v) is 9.25. The van der Waals surface area contributed by atoms with Gasteiger partial charge in [0, 0.05) is 29.3 Å². The van der Waals surface area contributed by atoms with Crippen molar-refractivity contribution in [1.29, 1.82) is 0 Å². The summed E-state index contributed by atoms with van der Waals surface area (Å²) in [5.74, 6) is -0.0661. The fourth-order valence-electron chi connectivity index (χ4n) is 4.10. The second kappa shape index (κ2) is 5.41. The fraction of sp³-hybridized carbons (Fsp3) is 0.444. The van der Waals surface area contributed by atoms with Gasteiger partial charge in [-0.25, -0.2) is 8.42 Å². The van der Waals surface area contributed by atoms with Crippen molar-refractivity contribution >= 4 is 26.4 Å². The zero-order chi connectivity index (χ0) is 16.0. The number of rotatable bonds is 2. The maximum Gasteiger partial charge on any atom is 0.166 e. The van der Waals surface area contributed by atoms with Gasteiger partial charge in [0.25, 0.3) is 0 Å². The highest BCUT2D eigenvalue weighted by Crippen LogP contribution is 2.40. The maximum absolute atomic E-state index is 12.9. The molecular formula is C18H19NO3S. The number of hydrogen-bond acceptors (Lipinski definition) is 4. The molecule has 4 rings (SSSR count). The first-order valence-corrected chi connectivity index (χ1v) is 9.77. The smallest absolute Gasteiger partial charge is 0.166 e. The molecule has 2 fully saturated rings. The van der Waals surface area contributed by atoms with Gasteiger partial charge in [0.2, 0.25) is 0 Å². The molecule has 0 amide bonds. The Balaban J connectivity index is 1.64. The largest absolute Gasteiger partial charge is 0.294 e. The Labute approximate surface area is 135 Å². The van der Waals surface area contributed by atoms with E-state index in [0.29, 0.717) is 31.2 Å². The number of ketones is 1. The molecule has 1 aromatic carbocycles. The molecular weight excluding hydrogens is 310 g/mol. The van der Waals surface area contributed by atoms with Crippen LogP contribution in [0.5, 0.6) is 0 Å². The molecule has 2 unspecified atom stereocenters. The van der Waals surface area contributed by atoms with Crippen LogP contribution in [0, 0.1) is 5.92 Å². The van der Waals surface area contributed by atoms with Crippen molar-refractivity contribution < 1.29 is 13.2 Å². The molecule has 2 atom stereocenters. The molecule has 0 spiro atoms. The Morgan fingerprint density at radius 3 is 2.52 bits per heavy atom. The van der Waals surface area contributed by atoms with Crippen LogP contribution in [0.4, 0.5) is 0 Å². The van der Waals surface area contributed by atoms with E-state index in [1.165, 1.54) is 0 Å². The average molecular weight is 329 g/mol. The van der Waals surface area contributed by atoms with Crippen molar-refractivity contribution in [3.8, 4) is 0 Å². The van der Waals surface area contributed by atoms with E-state index in [1.807, 2.05) is 24.3 Å². The number of nitrogens with zero attached hydrogens (tertiary/aromatic N) is 1. The monoisotopic (exact) mass is 329 g/mol. The first-order chi connectivity index (χ1) is 11.1. The Morgan fingerprint density at radius 2 is 1.78 bits per heavy atom. The summed E-state index contributed by atoms with van der Waals surface area (Å²) in [6.45, 7) is 0. The lowest BCUT2D eigenvalue weighted by Crippen LogP contribution is -2.45. The summed E-state index contributed by atoms with van der Waals surface area (Å²) < 4.78 is 24.7. The number of hydrogen-bond donors (Lipinski definition) is 0. The van der Waals surface area contributed by atoms with Gasteiger partial charge in [0.05, 0.1) is 10.5 Å². The van der Waals surface area contributed by atoms with E-state index in [2.05, 4.69) is 4.98 Å². The van der Waals surface area contributed by atoms with Gasteiger partial charge < -0.3 is 0 Å². The van der Waals surface area contributed by atoms with Gasteiger partial charge in [0.1, 0.15) is 0 Å². The van der Waals surface area contributed by atoms with E-state index < -0.39 is 9.84 Å². The number of pyridine rings is 1. The van der Waals surface area contributed by atoms with E-state index in [-0.39, 0.29) is 22.2 Å². The van der Waals surface area contributed by atoms with Gasteiger partial charge in [-0.05, 0) is 43.2 Å². The van der Waals surface area contributed by atoms with Crippen LogP contribution >= 0.6 is 0 Å². The number of fused-ring (bicyclic) bond motifs is 3. The first-order valence-electron chi connectivity index (χ1n) is 8.16. The van der Waals surface area contributed by atoms with Crippen molar-refractivity contribution in [1.82, 2.24) is 4.98 Å². The van der Waals surface area contributed by atoms with Gasteiger partial charge >= 0.3 is 0 Å². The fourth-order valence-corrected chi connectivity index (χ4v) is 6.63. The van der Waals surface area contributed by atoms with Crippen molar-refractivity contribution in [3.05, 3.63) is 42.2 Å². The SMILES string of the molecule is O=C(c1ccc2cnccc2c1)C1CC2CCCC(C1)S2(=O)=O. The normalized spacial score (nSPS) is 29.3. The average Bonchev–Trinajstić information content (AvgIpc) is 2.53. The highest BCUT2D eigenvalue weighted by molar-refractivity contribution is 7.92. The molecule has 2 saturated heterocycles. The topological polar surface area (TPSA) is 64.1 Å². The van der Waals surface area contributed by atoms with E-state index in [0.717, 1.165) is 17.2 Å². The highest BCUT2D eigenvalue weighted by atomic mass is 32.2. The van der Waals surface area contributed by atoms with Crippen LogP contribution in [0.1, 0.15) is 42.5 Å². The minimum absolute atomic E-state index is 0.0931. The molecule has 0 N–H and O–H groups in total. The van der Waals surface area contributed by atoms with Gasteiger partial charge in [-0.3, -0.25) is 9.78 Å². The van der Waals surface area contributed by atoms with Crippen molar-refractivity contribution in [2.24, 2.45) is 5.92 Å². The summed E-state index contributed by atoms with van der Waals surface area (Å²) in [7, 11) is -3.01. The molecule has 2 aromatic rings.